The van der Waals surface area contributed by atoms with E-state index in [1.165, 1.54) is 12.8 Å². The number of hydrogen-bond acceptors (Lipinski definition) is 3. The molecule has 0 saturated carbocycles. The Labute approximate surface area is 140 Å². The summed E-state index contributed by atoms with van der Waals surface area (Å²) in [5, 5.41) is 3.38. The van der Waals surface area contributed by atoms with Crippen LogP contribution in [0.4, 0.5) is 0 Å². The van der Waals surface area contributed by atoms with Crippen molar-refractivity contribution in [1.29, 1.82) is 0 Å². The Morgan fingerprint density at radius 2 is 2.00 bits per heavy atom. The number of rotatable bonds is 8. The Balaban J connectivity index is 1.62. The Morgan fingerprint density at radius 1 is 1.30 bits per heavy atom. The van der Waals surface area contributed by atoms with E-state index in [0.29, 0.717) is 24.9 Å². The summed E-state index contributed by atoms with van der Waals surface area (Å²) in [6, 6.07) is 9.81. The Kier molecular flexibility index (Phi) is 7.40. The maximum Gasteiger partial charge on any atom is 0.222 e. The number of para-hydroxylation sites is 1. The van der Waals surface area contributed by atoms with Gasteiger partial charge in [0.05, 0.1) is 6.61 Å². The maximum absolute atomic E-state index is 12.3. The molecule has 2 rings (SSSR count). The van der Waals surface area contributed by atoms with Crippen LogP contribution >= 0.6 is 0 Å². The van der Waals surface area contributed by atoms with Crippen LogP contribution < -0.4 is 10.1 Å². The highest BCUT2D eigenvalue weighted by Crippen LogP contribution is 2.24. The maximum atomic E-state index is 12.3. The predicted molar refractivity (Wildman–Crippen MR) is 93.6 cm³/mol. The third-order valence-electron chi connectivity index (χ3n) is 4.76. The molecule has 1 aliphatic rings. The summed E-state index contributed by atoms with van der Waals surface area (Å²) in [4.78, 5) is 14.2. The van der Waals surface area contributed by atoms with Gasteiger partial charge in [0.25, 0.3) is 0 Å². The van der Waals surface area contributed by atoms with Crippen LogP contribution in [-0.4, -0.2) is 44.1 Å². The molecule has 128 valence electrons. The number of hydrogen-bond donors (Lipinski definition) is 1. The zero-order chi connectivity index (χ0) is 16.5. The zero-order valence-electron chi connectivity index (χ0n) is 14.5. The van der Waals surface area contributed by atoms with E-state index in [1.54, 1.807) is 0 Å². The van der Waals surface area contributed by atoms with Gasteiger partial charge in [0, 0.05) is 20.0 Å². The lowest BCUT2D eigenvalue weighted by Gasteiger charge is -2.29. The van der Waals surface area contributed by atoms with Gasteiger partial charge in [0.1, 0.15) is 5.75 Å². The molecule has 0 aromatic heterocycles. The lowest BCUT2D eigenvalue weighted by atomic mass is 9.84. The van der Waals surface area contributed by atoms with Gasteiger partial charge < -0.3 is 15.0 Å². The van der Waals surface area contributed by atoms with Crippen LogP contribution in [0.5, 0.6) is 5.75 Å². The summed E-state index contributed by atoms with van der Waals surface area (Å²) in [5.74, 6) is 2.32. The van der Waals surface area contributed by atoms with Gasteiger partial charge in [0.15, 0.2) is 0 Å². The molecule has 1 heterocycles. The topological polar surface area (TPSA) is 41.6 Å². The highest BCUT2D eigenvalue weighted by atomic mass is 16.5. The SMILES string of the molecule is CC(CC(=O)N(C)CCCOc1ccccc1)C1CCNCC1. The second-order valence-corrected chi connectivity index (χ2v) is 6.60. The minimum atomic E-state index is 0.260. The number of amides is 1. The van der Waals surface area contributed by atoms with Crippen LogP contribution in [0.1, 0.15) is 32.6 Å². The van der Waals surface area contributed by atoms with E-state index in [9.17, 15) is 4.79 Å². The Bertz CT molecular complexity index is 458. The van der Waals surface area contributed by atoms with Crippen LogP contribution in [-0.2, 0) is 4.79 Å². The van der Waals surface area contributed by atoms with E-state index in [4.69, 9.17) is 4.74 Å². The average Bonchev–Trinajstić information content (AvgIpc) is 2.60. The molecule has 0 aliphatic carbocycles. The van der Waals surface area contributed by atoms with Crippen molar-refractivity contribution in [2.75, 3.05) is 33.3 Å². The van der Waals surface area contributed by atoms with Gasteiger partial charge >= 0.3 is 0 Å². The minimum absolute atomic E-state index is 0.260. The molecular weight excluding hydrogens is 288 g/mol. The molecule has 1 N–H and O–H groups in total. The van der Waals surface area contributed by atoms with Crippen molar-refractivity contribution in [3.63, 3.8) is 0 Å². The molecule has 1 unspecified atom stereocenters. The van der Waals surface area contributed by atoms with Crippen molar-refractivity contribution < 1.29 is 9.53 Å². The van der Waals surface area contributed by atoms with Gasteiger partial charge in [-0.1, -0.05) is 25.1 Å². The highest BCUT2D eigenvalue weighted by molar-refractivity contribution is 5.76. The summed E-state index contributed by atoms with van der Waals surface area (Å²) in [6.07, 6.45) is 3.92. The molecule has 1 aromatic rings. The fourth-order valence-electron chi connectivity index (χ4n) is 3.14. The largest absolute Gasteiger partial charge is 0.494 e. The normalized spacial score (nSPS) is 16.8. The lowest BCUT2D eigenvalue weighted by molar-refractivity contribution is -0.131. The van der Waals surface area contributed by atoms with Crippen LogP contribution in [0, 0.1) is 11.8 Å². The van der Waals surface area contributed by atoms with Gasteiger partial charge in [-0.15, -0.1) is 0 Å². The number of benzene rings is 1. The molecule has 23 heavy (non-hydrogen) atoms. The van der Waals surface area contributed by atoms with E-state index in [2.05, 4.69) is 12.2 Å². The molecule has 1 atom stereocenters. The monoisotopic (exact) mass is 318 g/mol. The average molecular weight is 318 g/mol. The number of nitrogens with one attached hydrogen (secondary N) is 1. The van der Waals surface area contributed by atoms with Crippen LogP contribution in [0.15, 0.2) is 30.3 Å². The van der Waals surface area contributed by atoms with Crippen molar-refractivity contribution in [2.24, 2.45) is 11.8 Å². The quantitative estimate of drug-likeness (QED) is 0.749. The van der Waals surface area contributed by atoms with E-state index >= 15 is 0 Å². The highest BCUT2D eigenvalue weighted by Gasteiger charge is 2.23. The summed E-state index contributed by atoms with van der Waals surface area (Å²) in [5.41, 5.74) is 0. The van der Waals surface area contributed by atoms with E-state index < -0.39 is 0 Å². The van der Waals surface area contributed by atoms with Crippen molar-refractivity contribution in [2.45, 2.75) is 32.6 Å². The number of piperidine rings is 1. The molecule has 4 heteroatoms. The first-order valence-electron chi connectivity index (χ1n) is 8.79. The number of carbonyl (C=O) groups excluding carboxylic acids is 1. The predicted octanol–water partition coefficient (Wildman–Crippen LogP) is 2.94. The van der Waals surface area contributed by atoms with Crippen LogP contribution in [0.2, 0.25) is 0 Å². The molecule has 0 bridgehead atoms. The number of carbonyl (C=O) groups is 1. The molecular formula is C19H30N2O2. The molecule has 1 saturated heterocycles. The van der Waals surface area contributed by atoms with Crippen molar-refractivity contribution in [3.8, 4) is 5.75 Å². The van der Waals surface area contributed by atoms with E-state index in [1.807, 2.05) is 42.3 Å². The van der Waals surface area contributed by atoms with E-state index in [-0.39, 0.29) is 5.91 Å². The van der Waals surface area contributed by atoms with Gasteiger partial charge in [0.2, 0.25) is 5.91 Å². The second kappa shape index (κ2) is 9.56. The minimum Gasteiger partial charge on any atom is -0.494 e. The number of ether oxygens (including phenoxy) is 1. The molecule has 1 aromatic carbocycles. The van der Waals surface area contributed by atoms with Crippen molar-refractivity contribution in [1.82, 2.24) is 10.2 Å². The first kappa shape index (κ1) is 17.8. The van der Waals surface area contributed by atoms with Crippen LogP contribution in [0.25, 0.3) is 0 Å². The zero-order valence-corrected chi connectivity index (χ0v) is 14.5. The molecule has 1 fully saturated rings. The van der Waals surface area contributed by atoms with Gasteiger partial charge in [-0.25, -0.2) is 0 Å². The fraction of sp³-hybridized carbons (Fsp3) is 0.632. The van der Waals surface area contributed by atoms with Crippen molar-refractivity contribution in [3.05, 3.63) is 30.3 Å². The van der Waals surface area contributed by atoms with Gasteiger partial charge in [-0.2, -0.15) is 0 Å². The Morgan fingerprint density at radius 3 is 2.70 bits per heavy atom. The molecule has 0 radical (unpaired) electrons. The molecule has 4 nitrogen and oxygen atoms in total. The molecule has 1 amide bonds. The second-order valence-electron chi connectivity index (χ2n) is 6.60. The standard InChI is InChI=1S/C19H30N2O2/c1-16(17-9-11-20-12-10-17)15-19(22)21(2)13-6-14-23-18-7-4-3-5-8-18/h3-5,7-8,16-17,20H,6,9-15H2,1-2H3. The molecule has 1 aliphatic heterocycles. The third-order valence-corrected chi connectivity index (χ3v) is 4.76. The lowest BCUT2D eigenvalue weighted by Crippen LogP contribution is -2.34. The van der Waals surface area contributed by atoms with Gasteiger partial charge in [-0.3, -0.25) is 4.79 Å². The first-order valence-corrected chi connectivity index (χ1v) is 8.79. The van der Waals surface area contributed by atoms with Crippen molar-refractivity contribution >= 4 is 5.91 Å². The van der Waals surface area contributed by atoms with Gasteiger partial charge in [-0.05, 0) is 56.3 Å². The Hall–Kier alpha value is -1.55. The van der Waals surface area contributed by atoms with Crippen LogP contribution in [0.3, 0.4) is 0 Å². The summed E-state index contributed by atoms with van der Waals surface area (Å²) >= 11 is 0. The number of nitrogens with zero attached hydrogens (tertiary/aromatic N) is 1. The summed E-state index contributed by atoms with van der Waals surface area (Å²) in [7, 11) is 1.90. The summed E-state index contributed by atoms with van der Waals surface area (Å²) in [6.45, 7) is 5.81. The smallest absolute Gasteiger partial charge is 0.222 e. The van der Waals surface area contributed by atoms with E-state index in [0.717, 1.165) is 31.8 Å². The summed E-state index contributed by atoms with van der Waals surface area (Å²) < 4.78 is 5.67. The third kappa shape index (κ3) is 6.22. The fourth-order valence-corrected chi connectivity index (χ4v) is 3.14. The first-order chi connectivity index (χ1) is 11.2. The molecule has 0 spiro atoms.